The van der Waals surface area contributed by atoms with Crippen LogP contribution in [0.1, 0.15) is 36.9 Å². The summed E-state index contributed by atoms with van der Waals surface area (Å²) >= 11 is 0. The van der Waals surface area contributed by atoms with Crippen molar-refractivity contribution in [2.24, 2.45) is 0 Å². The number of carboxylic acid groups (broad SMARTS) is 1. The van der Waals surface area contributed by atoms with Gasteiger partial charge in [0.2, 0.25) is 0 Å². The summed E-state index contributed by atoms with van der Waals surface area (Å²) in [5.41, 5.74) is 1.05. The molecule has 156 valence electrons. The molecular formula is C23H23NO6. The molecule has 7 nitrogen and oxygen atoms in total. The van der Waals surface area contributed by atoms with Crippen molar-refractivity contribution >= 4 is 23.4 Å². The first-order valence-electron chi connectivity index (χ1n) is 9.72. The highest BCUT2D eigenvalue weighted by Crippen LogP contribution is 2.39. The first-order chi connectivity index (χ1) is 14.4. The van der Waals surface area contributed by atoms with Gasteiger partial charge in [-0.05, 0) is 31.0 Å². The van der Waals surface area contributed by atoms with E-state index in [2.05, 4.69) is 0 Å². The molecule has 0 aromatic heterocycles. The lowest BCUT2D eigenvalue weighted by atomic mass is 9.95. The summed E-state index contributed by atoms with van der Waals surface area (Å²) in [7, 11) is 0. The molecule has 7 heteroatoms. The van der Waals surface area contributed by atoms with E-state index < -0.39 is 23.7 Å². The van der Waals surface area contributed by atoms with Crippen molar-refractivity contribution in [1.82, 2.24) is 4.90 Å². The van der Waals surface area contributed by atoms with E-state index in [0.29, 0.717) is 23.5 Å². The van der Waals surface area contributed by atoms with Crippen molar-refractivity contribution in [3.63, 3.8) is 0 Å². The number of aliphatic carboxylic acids is 1. The first-order valence-corrected chi connectivity index (χ1v) is 9.72. The minimum absolute atomic E-state index is 0.00863. The summed E-state index contributed by atoms with van der Waals surface area (Å²) in [6.07, 6.45) is 0.0684. The molecule has 1 saturated heterocycles. The van der Waals surface area contributed by atoms with Crippen LogP contribution in [0.2, 0.25) is 0 Å². The third-order valence-corrected chi connectivity index (χ3v) is 4.88. The number of rotatable bonds is 8. The molecule has 1 atom stereocenters. The molecule has 2 aromatic rings. The average molecular weight is 409 g/mol. The van der Waals surface area contributed by atoms with E-state index in [9.17, 15) is 19.5 Å². The summed E-state index contributed by atoms with van der Waals surface area (Å²) in [6.45, 7) is 2.45. The predicted octanol–water partition coefficient (Wildman–Crippen LogP) is 3.37. The number of hydrogen-bond acceptors (Lipinski definition) is 5. The second kappa shape index (κ2) is 9.26. The molecule has 1 aliphatic heterocycles. The summed E-state index contributed by atoms with van der Waals surface area (Å²) in [5.74, 6) is -2.13. The third-order valence-electron chi connectivity index (χ3n) is 4.88. The van der Waals surface area contributed by atoms with Gasteiger partial charge in [0, 0.05) is 18.5 Å². The van der Waals surface area contributed by atoms with Crippen molar-refractivity contribution in [3.05, 3.63) is 71.3 Å². The van der Waals surface area contributed by atoms with E-state index in [0.717, 1.165) is 0 Å². The number of nitrogens with zero attached hydrogens (tertiary/aromatic N) is 1. The first kappa shape index (κ1) is 21.1. The lowest BCUT2D eigenvalue weighted by molar-refractivity contribution is -0.140. The number of carbonyl (C=O) groups excluding carboxylic acids is 2. The number of amides is 1. The van der Waals surface area contributed by atoms with Gasteiger partial charge in [0.05, 0.1) is 18.2 Å². The Labute approximate surface area is 174 Å². The fourth-order valence-electron chi connectivity index (χ4n) is 3.52. The van der Waals surface area contributed by atoms with E-state index in [4.69, 9.17) is 9.84 Å². The number of ether oxygens (including phenoxy) is 1. The fraction of sp³-hybridized carbons (Fsp3) is 0.261. The summed E-state index contributed by atoms with van der Waals surface area (Å²) < 4.78 is 5.45. The smallest absolute Gasteiger partial charge is 0.303 e. The van der Waals surface area contributed by atoms with Gasteiger partial charge in [-0.1, -0.05) is 42.5 Å². The number of Topliss-reactive ketones (excluding diaryl/α,β-unsaturated/α-hetero) is 1. The SMILES string of the molecule is CCOc1ccc(C2C(=C(O)c3ccccc3)C(=O)C(=O)N2CCCC(=O)O)cc1. The number of aliphatic hydroxyl groups is 1. The Bertz CT molecular complexity index is 965. The normalized spacial score (nSPS) is 17.9. The van der Waals surface area contributed by atoms with Gasteiger partial charge in [-0.15, -0.1) is 0 Å². The van der Waals surface area contributed by atoms with Crippen molar-refractivity contribution < 1.29 is 29.3 Å². The van der Waals surface area contributed by atoms with Crippen LogP contribution in [0.4, 0.5) is 0 Å². The van der Waals surface area contributed by atoms with Gasteiger partial charge in [-0.2, -0.15) is 0 Å². The predicted molar refractivity (Wildman–Crippen MR) is 110 cm³/mol. The molecule has 1 unspecified atom stereocenters. The number of ketones is 1. The van der Waals surface area contributed by atoms with Crippen LogP contribution in [0.5, 0.6) is 5.75 Å². The molecule has 0 aliphatic carbocycles. The van der Waals surface area contributed by atoms with Crippen LogP contribution >= 0.6 is 0 Å². The molecule has 1 heterocycles. The zero-order valence-electron chi connectivity index (χ0n) is 16.6. The Morgan fingerprint density at radius 1 is 1.03 bits per heavy atom. The fourth-order valence-corrected chi connectivity index (χ4v) is 3.52. The van der Waals surface area contributed by atoms with Gasteiger partial charge in [-0.3, -0.25) is 14.4 Å². The molecule has 3 rings (SSSR count). The Morgan fingerprint density at radius 2 is 1.70 bits per heavy atom. The topological polar surface area (TPSA) is 104 Å². The molecule has 1 aliphatic rings. The van der Waals surface area contributed by atoms with Gasteiger partial charge < -0.3 is 19.8 Å². The summed E-state index contributed by atoms with van der Waals surface area (Å²) in [6, 6.07) is 14.7. The van der Waals surface area contributed by atoms with E-state index in [1.165, 1.54) is 4.90 Å². The minimum atomic E-state index is -0.978. The molecular weight excluding hydrogens is 386 g/mol. The molecule has 2 aromatic carbocycles. The second-order valence-electron chi connectivity index (χ2n) is 6.86. The Balaban J connectivity index is 2.06. The maximum Gasteiger partial charge on any atom is 0.303 e. The Morgan fingerprint density at radius 3 is 2.30 bits per heavy atom. The second-order valence-corrected chi connectivity index (χ2v) is 6.86. The number of hydrogen-bond donors (Lipinski definition) is 2. The van der Waals surface area contributed by atoms with Crippen LogP contribution < -0.4 is 4.74 Å². The highest BCUT2D eigenvalue weighted by atomic mass is 16.5. The summed E-state index contributed by atoms with van der Waals surface area (Å²) in [4.78, 5) is 37.8. The highest BCUT2D eigenvalue weighted by molar-refractivity contribution is 6.46. The van der Waals surface area contributed by atoms with E-state index >= 15 is 0 Å². The largest absolute Gasteiger partial charge is 0.507 e. The molecule has 30 heavy (non-hydrogen) atoms. The van der Waals surface area contributed by atoms with Crippen LogP contribution in [0.15, 0.2) is 60.2 Å². The number of carbonyl (C=O) groups is 3. The van der Waals surface area contributed by atoms with Crippen molar-refractivity contribution in [2.75, 3.05) is 13.2 Å². The Hall–Kier alpha value is -3.61. The third kappa shape index (κ3) is 4.35. The summed E-state index contributed by atoms with van der Waals surface area (Å²) in [5, 5.41) is 19.8. The highest BCUT2D eigenvalue weighted by Gasteiger charge is 2.45. The Kier molecular flexibility index (Phi) is 6.51. The van der Waals surface area contributed by atoms with E-state index in [-0.39, 0.29) is 30.7 Å². The molecule has 1 fully saturated rings. The van der Waals surface area contributed by atoms with Crippen molar-refractivity contribution in [3.8, 4) is 5.75 Å². The minimum Gasteiger partial charge on any atom is -0.507 e. The molecule has 2 N–H and O–H groups in total. The van der Waals surface area contributed by atoms with Crippen LogP contribution in [0.25, 0.3) is 5.76 Å². The molecule has 0 radical (unpaired) electrons. The van der Waals surface area contributed by atoms with Crippen LogP contribution in [0, 0.1) is 0 Å². The number of aliphatic hydroxyl groups excluding tert-OH is 1. The van der Waals surface area contributed by atoms with Gasteiger partial charge in [0.25, 0.3) is 11.7 Å². The maximum absolute atomic E-state index is 12.8. The van der Waals surface area contributed by atoms with Crippen LogP contribution in [-0.4, -0.2) is 45.9 Å². The van der Waals surface area contributed by atoms with Crippen molar-refractivity contribution in [2.45, 2.75) is 25.8 Å². The van der Waals surface area contributed by atoms with Crippen molar-refractivity contribution in [1.29, 1.82) is 0 Å². The zero-order valence-corrected chi connectivity index (χ0v) is 16.6. The van der Waals surface area contributed by atoms with E-state index in [1.807, 2.05) is 6.92 Å². The number of carboxylic acids is 1. The lowest BCUT2D eigenvalue weighted by Crippen LogP contribution is -2.31. The number of benzene rings is 2. The zero-order chi connectivity index (χ0) is 21.7. The molecule has 0 saturated carbocycles. The van der Waals surface area contributed by atoms with Gasteiger partial charge in [-0.25, -0.2) is 0 Å². The molecule has 0 bridgehead atoms. The van der Waals surface area contributed by atoms with Crippen LogP contribution in [-0.2, 0) is 14.4 Å². The quantitative estimate of drug-likeness (QED) is 0.394. The maximum atomic E-state index is 12.8. The number of likely N-dealkylation sites (tertiary alicyclic amines) is 1. The molecule has 1 amide bonds. The average Bonchev–Trinajstić information content (AvgIpc) is 2.99. The standard InChI is InChI=1S/C23H23NO6/c1-2-30-17-12-10-15(11-13-17)20-19(21(27)16-7-4-3-5-8-16)22(28)23(29)24(20)14-6-9-18(25)26/h3-5,7-8,10-13,20,27H,2,6,9,14H2,1H3,(H,25,26). The van der Waals surface area contributed by atoms with Crippen LogP contribution in [0.3, 0.4) is 0 Å². The van der Waals surface area contributed by atoms with E-state index in [1.54, 1.807) is 54.6 Å². The molecule has 0 spiro atoms. The monoisotopic (exact) mass is 409 g/mol. The van der Waals surface area contributed by atoms with Gasteiger partial charge in [0.15, 0.2) is 0 Å². The van der Waals surface area contributed by atoms with Gasteiger partial charge >= 0.3 is 5.97 Å². The van der Waals surface area contributed by atoms with Gasteiger partial charge in [0.1, 0.15) is 11.5 Å². The lowest BCUT2D eigenvalue weighted by Gasteiger charge is -2.25.